The topological polar surface area (TPSA) is 77.8 Å². The third-order valence-corrected chi connectivity index (χ3v) is 1.67. The lowest BCUT2D eigenvalue weighted by atomic mass is 9.93. The van der Waals surface area contributed by atoms with Crippen LogP contribution in [0.1, 0.15) is 26.7 Å². The molecule has 0 fully saturated rings. The second-order valence-electron chi connectivity index (χ2n) is 3.43. The Labute approximate surface area is 78.2 Å². The van der Waals surface area contributed by atoms with Crippen molar-refractivity contribution in [1.29, 1.82) is 0 Å². The van der Waals surface area contributed by atoms with Crippen LogP contribution < -0.4 is 0 Å². The number of aliphatic carboxylic acids is 1. The molecule has 4 heteroatoms. The Morgan fingerprint density at radius 1 is 1.23 bits per heavy atom. The number of aliphatic hydroxyl groups excluding tert-OH is 2. The van der Waals surface area contributed by atoms with E-state index in [1.807, 2.05) is 0 Å². The van der Waals surface area contributed by atoms with Gasteiger partial charge in [-0.25, -0.2) is 0 Å². The van der Waals surface area contributed by atoms with Crippen LogP contribution in [-0.2, 0) is 4.79 Å². The molecule has 0 aromatic rings. The van der Waals surface area contributed by atoms with Crippen molar-refractivity contribution in [1.82, 2.24) is 0 Å². The smallest absolute Gasteiger partial charge is 0.307 e. The number of hydrogen-bond acceptors (Lipinski definition) is 3. The molecule has 0 saturated carbocycles. The minimum atomic E-state index is -1.01. The molecule has 0 aromatic heterocycles. The molecule has 0 amide bonds. The molecule has 77 valence electrons. The molecule has 0 spiro atoms. The van der Waals surface area contributed by atoms with E-state index < -0.39 is 18.2 Å². The predicted molar refractivity (Wildman–Crippen MR) is 48.0 cm³/mol. The lowest BCUT2D eigenvalue weighted by Gasteiger charge is -2.17. The van der Waals surface area contributed by atoms with E-state index in [-0.39, 0.29) is 5.92 Å². The van der Waals surface area contributed by atoms with Crippen molar-refractivity contribution in [3.05, 3.63) is 6.42 Å². The Hall–Kier alpha value is -0.610. The Morgan fingerprint density at radius 3 is 1.85 bits per heavy atom. The Bertz CT molecular complexity index is 144. The number of rotatable bonds is 6. The fraction of sp³-hybridized carbons (Fsp3) is 0.778. The van der Waals surface area contributed by atoms with Crippen molar-refractivity contribution in [3.63, 3.8) is 0 Å². The Kier molecular flexibility index (Phi) is 5.66. The van der Waals surface area contributed by atoms with Gasteiger partial charge < -0.3 is 15.3 Å². The van der Waals surface area contributed by atoms with E-state index in [2.05, 4.69) is 0 Å². The molecule has 2 unspecified atom stereocenters. The highest BCUT2D eigenvalue weighted by molar-refractivity contribution is 5.76. The molecule has 0 bridgehead atoms. The molecular formula is C9H17O4. The third kappa shape index (κ3) is 7.74. The van der Waals surface area contributed by atoms with E-state index in [0.717, 1.165) is 6.42 Å². The first kappa shape index (κ1) is 12.4. The molecule has 4 nitrogen and oxygen atoms in total. The number of aliphatic hydroxyl groups is 2. The maximum Gasteiger partial charge on any atom is 0.307 e. The van der Waals surface area contributed by atoms with E-state index in [1.165, 1.54) is 0 Å². The fourth-order valence-corrected chi connectivity index (χ4v) is 1.31. The van der Waals surface area contributed by atoms with Crippen molar-refractivity contribution in [3.8, 4) is 0 Å². The van der Waals surface area contributed by atoms with Gasteiger partial charge in [0.2, 0.25) is 0 Å². The predicted octanol–water partition coefficient (Wildman–Crippen LogP) is 0.433. The molecule has 0 aliphatic carbocycles. The van der Waals surface area contributed by atoms with Gasteiger partial charge in [-0.2, -0.15) is 0 Å². The van der Waals surface area contributed by atoms with E-state index in [1.54, 1.807) is 13.8 Å². The van der Waals surface area contributed by atoms with Crippen LogP contribution in [0.15, 0.2) is 0 Å². The molecule has 0 aliphatic rings. The highest BCUT2D eigenvalue weighted by Gasteiger charge is 2.17. The third-order valence-electron chi connectivity index (χ3n) is 1.67. The summed E-state index contributed by atoms with van der Waals surface area (Å²) in [6.07, 6.45) is 0.784. The SMILES string of the molecule is CC(O)CC([CH]C(=O)O)CC(C)O. The summed E-state index contributed by atoms with van der Waals surface area (Å²) in [7, 11) is 0. The molecule has 2 atom stereocenters. The van der Waals surface area contributed by atoms with E-state index >= 15 is 0 Å². The summed E-state index contributed by atoms with van der Waals surface area (Å²) in [5.74, 6) is -1.27. The zero-order valence-electron chi connectivity index (χ0n) is 7.97. The summed E-state index contributed by atoms with van der Waals surface area (Å²) < 4.78 is 0. The van der Waals surface area contributed by atoms with Crippen LogP contribution in [0.2, 0.25) is 0 Å². The lowest BCUT2D eigenvalue weighted by Crippen LogP contribution is -2.19. The van der Waals surface area contributed by atoms with Crippen LogP contribution in [0.25, 0.3) is 0 Å². The number of carboxylic acids is 1. The van der Waals surface area contributed by atoms with Crippen molar-refractivity contribution < 1.29 is 20.1 Å². The summed E-state index contributed by atoms with van der Waals surface area (Å²) in [6.45, 7) is 3.20. The first-order chi connectivity index (χ1) is 5.91. The van der Waals surface area contributed by atoms with E-state index in [9.17, 15) is 4.79 Å². The van der Waals surface area contributed by atoms with Crippen LogP contribution in [-0.4, -0.2) is 33.5 Å². The van der Waals surface area contributed by atoms with Crippen molar-refractivity contribution in [2.45, 2.75) is 38.9 Å². The van der Waals surface area contributed by atoms with Gasteiger partial charge in [-0.15, -0.1) is 0 Å². The van der Waals surface area contributed by atoms with Crippen molar-refractivity contribution >= 4 is 5.97 Å². The maximum atomic E-state index is 10.4. The zero-order chi connectivity index (χ0) is 10.4. The average molecular weight is 189 g/mol. The largest absolute Gasteiger partial charge is 0.481 e. The van der Waals surface area contributed by atoms with Gasteiger partial charge in [-0.3, -0.25) is 4.79 Å². The van der Waals surface area contributed by atoms with E-state index in [0.29, 0.717) is 12.8 Å². The molecule has 3 N–H and O–H groups in total. The quantitative estimate of drug-likeness (QED) is 0.566. The lowest BCUT2D eigenvalue weighted by molar-refractivity contribution is -0.133. The van der Waals surface area contributed by atoms with Crippen LogP contribution in [0.4, 0.5) is 0 Å². The van der Waals surface area contributed by atoms with Gasteiger partial charge in [-0.1, -0.05) is 0 Å². The summed E-state index contributed by atoms with van der Waals surface area (Å²) in [6, 6.07) is 0. The second-order valence-corrected chi connectivity index (χ2v) is 3.43. The van der Waals surface area contributed by atoms with Gasteiger partial charge in [-0.05, 0) is 32.6 Å². The molecule has 13 heavy (non-hydrogen) atoms. The monoisotopic (exact) mass is 189 g/mol. The van der Waals surface area contributed by atoms with Crippen LogP contribution >= 0.6 is 0 Å². The van der Waals surface area contributed by atoms with Crippen LogP contribution in [0, 0.1) is 12.3 Å². The number of carboxylic acid groups (broad SMARTS) is 1. The van der Waals surface area contributed by atoms with Gasteiger partial charge in [0.1, 0.15) is 0 Å². The minimum absolute atomic E-state index is 0.266. The normalized spacial score (nSPS) is 17.8. The van der Waals surface area contributed by atoms with Gasteiger partial charge in [0.05, 0.1) is 18.6 Å². The first-order valence-corrected chi connectivity index (χ1v) is 4.35. The molecule has 0 aromatic carbocycles. The van der Waals surface area contributed by atoms with Gasteiger partial charge >= 0.3 is 5.97 Å². The molecule has 0 saturated heterocycles. The number of hydrogen-bond donors (Lipinski definition) is 3. The molecule has 0 rings (SSSR count). The highest BCUT2D eigenvalue weighted by atomic mass is 16.4. The Balaban J connectivity index is 3.95. The highest BCUT2D eigenvalue weighted by Crippen LogP contribution is 2.17. The van der Waals surface area contributed by atoms with Crippen molar-refractivity contribution in [2.24, 2.45) is 5.92 Å². The fourth-order valence-electron chi connectivity index (χ4n) is 1.31. The zero-order valence-corrected chi connectivity index (χ0v) is 7.97. The number of carbonyl (C=O) groups is 1. The van der Waals surface area contributed by atoms with Gasteiger partial charge in [0.15, 0.2) is 0 Å². The first-order valence-electron chi connectivity index (χ1n) is 4.35. The summed E-state index contributed by atoms with van der Waals surface area (Å²) >= 11 is 0. The minimum Gasteiger partial charge on any atom is -0.481 e. The summed E-state index contributed by atoms with van der Waals surface area (Å²) in [5, 5.41) is 26.6. The van der Waals surface area contributed by atoms with Crippen LogP contribution in [0.3, 0.4) is 0 Å². The standard InChI is InChI=1S/C9H17O4/c1-6(10)3-8(4-7(2)11)5-9(12)13/h5-8,10-11H,3-4H2,1-2H3,(H,12,13). The van der Waals surface area contributed by atoms with Gasteiger partial charge in [0.25, 0.3) is 0 Å². The molecule has 1 radical (unpaired) electrons. The summed E-state index contributed by atoms with van der Waals surface area (Å²) in [4.78, 5) is 10.4. The van der Waals surface area contributed by atoms with E-state index in [4.69, 9.17) is 15.3 Å². The van der Waals surface area contributed by atoms with Gasteiger partial charge in [0, 0.05) is 0 Å². The van der Waals surface area contributed by atoms with Crippen LogP contribution in [0.5, 0.6) is 0 Å². The van der Waals surface area contributed by atoms with Crippen molar-refractivity contribution in [2.75, 3.05) is 0 Å². The average Bonchev–Trinajstić information content (AvgIpc) is 1.80. The summed E-state index contributed by atoms with van der Waals surface area (Å²) in [5.41, 5.74) is 0. The molecule has 0 heterocycles. The second kappa shape index (κ2) is 5.94. The Morgan fingerprint density at radius 2 is 1.62 bits per heavy atom. The molecule has 0 aliphatic heterocycles. The maximum absolute atomic E-state index is 10.4. The molecular weight excluding hydrogens is 172 g/mol.